The average Bonchev–Trinajstić information content (AvgIpc) is 2.20. The molecule has 1 N–H and O–H groups in total. The van der Waals surface area contributed by atoms with Crippen LogP contribution in [0.25, 0.3) is 11.4 Å². The molecule has 0 saturated heterocycles. The van der Waals surface area contributed by atoms with Gasteiger partial charge in [0.05, 0.1) is 5.56 Å². The van der Waals surface area contributed by atoms with E-state index in [4.69, 9.17) is 0 Å². The second-order valence-electron chi connectivity index (χ2n) is 3.77. The molecule has 16 heavy (non-hydrogen) atoms. The van der Waals surface area contributed by atoms with Gasteiger partial charge in [-0.1, -0.05) is 11.6 Å². The van der Waals surface area contributed by atoms with Crippen molar-refractivity contribution in [3.05, 3.63) is 35.4 Å². The highest BCUT2D eigenvalue weighted by atomic mass is 16.3. The standard InChI is InChI=1S/C12H13N3O/c1-7-4-5-11(16)10(6-7)12-14-8(2)13-9(3)15-12/h4-6,16H,1-3H3. The summed E-state index contributed by atoms with van der Waals surface area (Å²) in [6.45, 7) is 5.58. The normalized spacial score (nSPS) is 10.4. The molecule has 2 aromatic rings. The lowest BCUT2D eigenvalue weighted by molar-refractivity contribution is 0.476. The molecule has 4 heteroatoms. The van der Waals surface area contributed by atoms with E-state index in [1.165, 1.54) is 0 Å². The molecule has 0 fully saturated rings. The quantitative estimate of drug-likeness (QED) is 0.792. The topological polar surface area (TPSA) is 58.9 Å². The SMILES string of the molecule is Cc1ccc(O)c(-c2nc(C)nc(C)n2)c1. The molecule has 2 rings (SSSR count). The Morgan fingerprint density at radius 3 is 2.19 bits per heavy atom. The first-order chi connectivity index (χ1) is 7.56. The van der Waals surface area contributed by atoms with Gasteiger partial charge in [-0.05, 0) is 32.9 Å². The predicted octanol–water partition coefficient (Wildman–Crippen LogP) is 2.17. The minimum atomic E-state index is 0.190. The molecule has 0 spiro atoms. The van der Waals surface area contributed by atoms with Crippen molar-refractivity contribution in [1.82, 2.24) is 15.0 Å². The smallest absolute Gasteiger partial charge is 0.167 e. The maximum absolute atomic E-state index is 9.77. The fourth-order valence-electron chi connectivity index (χ4n) is 1.57. The van der Waals surface area contributed by atoms with Crippen LogP contribution >= 0.6 is 0 Å². The molecule has 82 valence electrons. The van der Waals surface area contributed by atoms with E-state index in [1.54, 1.807) is 6.07 Å². The maximum Gasteiger partial charge on any atom is 0.167 e. The van der Waals surface area contributed by atoms with Gasteiger partial charge in [0.2, 0.25) is 0 Å². The number of aryl methyl sites for hydroxylation is 3. The molecule has 1 heterocycles. The first-order valence-electron chi connectivity index (χ1n) is 5.05. The van der Waals surface area contributed by atoms with E-state index in [0.717, 1.165) is 5.56 Å². The Labute approximate surface area is 94.0 Å². The van der Waals surface area contributed by atoms with E-state index in [1.807, 2.05) is 32.9 Å². The highest BCUT2D eigenvalue weighted by molar-refractivity contribution is 5.64. The monoisotopic (exact) mass is 215 g/mol. The summed E-state index contributed by atoms with van der Waals surface area (Å²) in [6.07, 6.45) is 0. The highest BCUT2D eigenvalue weighted by Gasteiger charge is 2.09. The molecule has 0 aliphatic rings. The molecule has 0 bridgehead atoms. The van der Waals surface area contributed by atoms with Crippen LogP contribution in [0.4, 0.5) is 0 Å². The molecule has 1 aromatic heterocycles. The van der Waals surface area contributed by atoms with Gasteiger partial charge in [0, 0.05) is 0 Å². The third-order valence-electron chi connectivity index (χ3n) is 2.25. The Hall–Kier alpha value is -1.97. The van der Waals surface area contributed by atoms with E-state index in [2.05, 4.69) is 15.0 Å². The number of phenols is 1. The molecule has 0 amide bonds. The number of phenolic OH excluding ortho intramolecular Hbond substituents is 1. The summed E-state index contributed by atoms with van der Waals surface area (Å²) in [5.41, 5.74) is 1.71. The largest absolute Gasteiger partial charge is 0.507 e. The summed E-state index contributed by atoms with van der Waals surface area (Å²) in [7, 11) is 0. The van der Waals surface area contributed by atoms with Gasteiger partial charge in [0.25, 0.3) is 0 Å². The summed E-state index contributed by atoms with van der Waals surface area (Å²) < 4.78 is 0. The zero-order chi connectivity index (χ0) is 11.7. The molecule has 0 aliphatic heterocycles. The summed E-state index contributed by atoms with van der Waals surface area (Å²) in [5.74, 6) is 2.02. The summed E-state index contributed by atoms with van der Waals surface area (Å²) in [5, 5.41) is 9.77. The minimum absolute atomic E-state index is 0.190. The van der Waals surface area contributed by atoms with Crippen molar-refractivity contribution in [3.63, 3.8) is 0 Å². The van der Waals surface area contributed by atoms with Crippen molar-refractivity contribution in [2.45, 2.75) is 20.8 Å². The van der Waals surface area contributed by atoms with Crippen LogP contribution in [0.3, 0.4) is 0 Å². The first kappa shape index (κ1) is 10.5. The average molecular weight is 215 g/mol. The second-order valence-corrected chi connectivity index (χ2v) is 3.77. The number of aromatic hydroxyl groups is 1. The Balaban J connectivity index is 2.62. The van der Waals surface area contributed by atoms with Gasteiger partial charge in [-0.3, -0.25) is 0 Å². The summed E-state index contributed by atoms with van der Waals surface area (Å²) in [4.78, 5) is 12.6. The van der Waals surface area contributed by atoms with Gasteiger partial charge in [0.1, 0.15) is 17.4 Å². The van der Waals surface area contributed by atoms with E-state index < -0.39 is 0 Å². The maximum atomic E-state index is 9.77. The molecule has 0 aliphatic carbocycles. The zero-order valence-corrected chi connectivity index (χ0v) is 9.52. The fourth-order valence-corrected chi connectivity index (χ4v) is 1.57. The van der Waals surface area contributed by atoms with Crippen LogP contribution < -0.4 is 0 Å². The van der Waals surface area contributed by atoms with Crippen LogP contribution in [0.1, 0.15) is 17.2 Å². The second kappa shape index (κ2) is 3.89. The van der Waals surface area contributed by atoms with Gasteiger partial charge < -0.3 is 5.11 Å². The van der Waals surface area contributed by atoms with Crippen LogP contribution in [0, 0.1) is 20.8 Å². The highest BCUT2D eigenvalue weighted by Crippen LogP contribution is 2.27. The van der Waals surface area contributed by atoms with E-state index in [9.17, 15) is 5.11 Å². The van der Waals surface area contributed by atoms with Crippen LogP contribution in [0.15, 0.2) is 18.2 Å². The Morgan fingerprint density at radius 1 is 0.938 bits per heavy atom. The van der Waals surface area contributed by atoms with Crippen LogP contribution in [-0.4, -0.2) is 20.1 Å². The number of nitrogens with zero attached hydrogens (tertiary/aromatic N) is 3. The first-order valence-corrected chi connectivity index (χ1v) is 5.05. The van der Waals surface area contributed by atoms with E-state index >= 15 is 0 Å². The lowest BCUT2D eigenvalue weighted by Gasteiger charge is -2.05. The zero-order valence-electron chi connectivity index (χ0n) is 9.52. The van der Waals surface area contributed by atoms with Crippen molar-refractivity contribution in [3.8, 4) is 17.1 Å². The molecular formula is C12H13N3O. The van der Waals surface area contributed by atoms with E-state index in [0.29, 0.717) is 23.0 Å². The number of aromatic nitrogens is 3. The number of hydrogen-bond donors (Lipinski definition) is 1. The van der Waals surface area contributed by atoms with Crippen molar-refractivity contribution in [2.24, 2.45) is 0 Å². The lowest BCUT2D eigenvalue weighted by atomic mass is 10.1. The van der Waals surface area contributed by atoms with Gasteiger partial charge in [-0.25, -0.2) is 15.0 Å². The van der Waals surface area contributed by atoms with E-state index in [-0.39, 0.29) is 5.75 Å². The molecule has 4 nitrogen and oxygen atoms in total. The molecule has 1 aromatic carbocycles. The fraction of sp³-hybridized carbons (Fsp3) is 0.250. The Morgan fingerprint density at radius 2 is 1.56 bits per heavy atom. The predicted molar refractivity (Wildman–Crippen MR) is 61.1 cm³/mol. The van der Waals surface area contributed by atoms with Gasteiger partial charge in [0.15, 0.2) is 5.82 Å². The van der Waals surface area contributed by atoms with Gasteiger partial charge in [-0.15, -0.1) is 0 Å². The third kappa shape index (κ3) is 2.00. The summed E-state index contributed by atoms with van der Waals surface area (Å²) in [6, 6.07) is 5.36. The van der Waals surface area contributed by atoms with Crippen molar-refractivity contribution < 1.29 is 5.11 Å². The van der Waals surface area contributed by atoms with Crippen LogP contribution in [0.2, 0.25) is 0 Å². The molecule has 0 radical (unpaired) electrons. The number of hydrogen-bond acceptors (Lipinski definition) is 4. The van der Waals surface area contributed by atoms with Crippen LogP contribution in [-0.2, 0) is 0 Å². The number of benzene rings is 1. The Bertz CT molecular complexity index is 518. The minimum Gasteiger partial charge on any atom is -0.507 e. The van der Waals surface area contributed by atoms with Crippen molar-refractivity contribution in [2.75, 3.05) is 0 Å². The van der Waals surface area contributed by atoms with Crippen molar-refractivity contribution in [1.29, 1.82) is 0 Å². The van der Waals surface area contributed by atoms with Gasteiger partial charge >= 0.3 is 0 Å². The van der Waals surface area contributed by atoms with Gasteiger partial charge in [-0.2, -0.15) is 0 Å². The number of rotatable bonds is 1. The lowest BCUT2D eigenvalue weighted by Crippen LogP contribution is -1.99. The molecule has 0 unspecified atom stereocenters. The molecular weight excluding hydrogens is 202 g/mol. The van der Waals surface area contributed by atoms with Crippen molar-refractivity contribution >= 4 is 0 Å². The Kier molecular flexibility index (Phi) is 2.56. The molecule has 0 atom stereocenters. The van der Waals surface area contributed by atoms with Crippen LogP contribution in [0.5, 0.6) is 5.75 Å². The summed E-state index contributed by atoms with van der Waals surface area (Å²) >= 11 is 0. The third-order valence-corrected chi connectivity index (χ3v) is 2.25. The molecule has 0 saturated carbocycles.